The van der Waals surface area contributed by atoms with Crippen LogP contribution in [0.25, 0.3) is 16.9 Å². The van der Waals surface area contributed by atoms with E-state index in [-0.39, 0.29) is 5.56 Å². The van der Waals surface area contributed by atoms with Crippen LogP contribution in [0.15, 0.2) is 35.4 Å². The number of aromatic nitrogens is 4. The second-order valence-electron chi connectivity index (χ2n) is 5.56. The van der Waals surface area contributed by atoms with E-state index in [0.717, 1.165) is 43.7 Å². The monoisotopic (exact) mass is 314 g/mol. The van der Waals surface area contributed by atoms with Crippen LogP contribution in [-0.4, -0.2) is 19.1 Å². The zero-order chi connectivity index (χ0) is 15.1. The highest BCUT2D eigenvalue weighted by molar-refractivity contribution is 6.30. The van der Waals surface area contributed by atoms with Crippen molar-refractivity contribution < 1.29 is 0 Å². The summed E-state index contributed by atoms with van der Waals surface area (Å²) in [5, 5.41) is 0.676. The zero-order valence-electron chi connectivity index (χ0n) is 12.0. The van der Waals surface area contributed by atoms with E-state index in [1.165, 1.54) is 0 Å². The van der Waals surface area contributed by atoms with Gasteiger partial charge in [-0.3, -0.25) is 13.9 Å². The van der Waals surface area contributed by atoms with Crippen molar-refractivity contribution in [3.05, 3.63) is 51.8 Å². The number of rotatable bonds is 1. The maximum absolute atomic E-state index is 12.7. The van der Waals surface area contributed by atoms with Crippen molar-refractivity contribution in [3.8, 4) is 5.69 Å². The first kappa shape index (κ1) is 13.5. The lowest BCUT2D eigenvalue weighted by Crippen LogP contribution is -2.24. The Bertz CT molecular complexity index is 895. The number of imidazole rings is 1. The van der Waals surface area contributed by atoms with Gasteiger partial charge in [-0.1, -0.05) is 18.0 Å². The van der Waals surface area contributed by atoms with Crippen LogP contribution in [-0.2, 0) is 13.0 Å². The minimum absolute atomic E-state index is 0.0328. The molecule has 0 saturated carbocycles. The van der Waals surface area contributed by atoms with Crippen molar-refractivity contribution in [2.45, 2.75) is 32.2 Å². The molecule has 3 heterocycles. The first-order valence-corrected chi connectivity index (χ1v) is 7.84. The van der Waals surface area contributed by atoms with Gasteiger partial charge in [0.2, 0.25) is 0 Å². The van der Waals surface area contributed by atoms with E-state index >= 15 is 0 Å². The smallest absolute Gasteiger partial charge is 0.281 e. The highest BCUT2D eigenvalue weighted by Crippen LogP contribution is 2.19. The van der Waals surface area contributed by atoms with E-state index in [4.69, 9.17) is 16.6 Å². The van der Waals surface area contributed by atoms with E-state index in [9.17, 15) is 4.79 Å². The van der Waals surface area contributed by atoms with E-state index in [1.54, 1.807) is 10.9 Å². The predicted molar refractivity (Wildman–Crippen MR) is 85.7 cm³/mol. The molecule has 22 heavy (non-hydrogen) atoms. The van der Waals surface area contributed by atoms with Gasteiger partial charge in [-0.25, -0.2) is 9.97 Å². The Kier molecular flexibility index (Phi) is 3.22. The van der Waals surface area contributed by atoms with Crippen molar-refractivity contribution in [2.75, 3.05) is 0 Å². The number of hydrogen-bond acceptors (Lipinski definition) is 3. The third kappa shape index (κ3) is 2.13. The molecule has 1 aliphatic heterocycles. The molecule has 1 aromatic carbocycles. The molecule has 3 aromatic rings. The molecule has 0 fully saturated rings. The maximum Gasteiger partial charge on any atom is 0.281 e. The van der Waals surface area contributed by atoms with Crippen molar-refractivity contribution in [1.82, 2.24) is 19.1 Å². The lowest BCUT2D eigenvalue weighted by atomic mass is 10.2. The van der Waals surface area contributed by atoms with Gasteiger partial charge in [0.25, 0.3) is 5.56 Å². The summed E-state index contributed by atoms with van der Waals surface area (Å²) in [5.74, 6) is 0.866. The second-order valence-corrected chi connectivity index (χ2v) is 6.00. The van der Waals surface area contributed by atoms with E-state index < -0.39 is 0 Å². The number of benzene rings is 1. The lowest BCUT2D eigenvalue weighted by molar-refractivity contribution is 0.613. The summed E-state index contributed by atoms with van der Waals surface area (Å²) >= 11 is 5.94. The quantitative estimate of drug-likeness (QED) is 0.694. The standard InChI is InChI=1S/C16H15ClN4O/c17-11-5-7-12(8-6-11)21-10-18-14-15(21)19-13-4-2-1-3-9-20(13)16(14)22/h5-8,10H,1-4,9H2. The van der Waals surface area contributed by atoms with Crippen molar-refractivity contribution in [1.29, 1.82) is 0 Å². The largest absolute Gasteiger partial charge is 0.295 e. The number of nitrogens with zero attached hydrogens (tertiary/aromatic N) is 4. The second kappa shape index (κ2) is 5.25. The molecule has 2 aromatic heterocycles. The summed E-state index contributed by atoms with van der Waals surface area (Å²) in [6, 6.07) is 7.43. The summed E-state index contributed by atoms with van der Waals surface area (Å²) < 4.78 is 3.63. The van der Waals surface area contributed by atoms with Gasteiger partial charge in [0.15, 0.2) is 11.2 Å². The van der Waals surface area contributed by atoms with Gasteiger partial charge >= 0.3 is 0 Å². The first-order chi connectivity index (χ1) is 10.7. The Morgan fingerprint density at radius 2 is 1.91 bits per heavy atom. The Labute approximate surface area is 132 Å². The Balaban J connectivity index is 1.95. The molecule has 0 amide bonds. The van der Waals surface area contributed by atoms with Gasteiger partial charge in [-0.2, -0.15) is 0 Å². The maximum atomic E-state index is 12.7. The molecule has 0 aliphatic carbocycles. The van der Waals surface area contributed by atoms with Crippen molar-refractivity contribution >= 4 is 22.8 Å². The van der Waals surface area contributed by atoms with Crippen LogP contribution in [0.3, 0.4) is 0 Å². The molecule has 0 radical (unpaired) electrons. The molecular weight excluding hydrogens is 300 g/mol. The fourth-order valence-corrected chi connectivity index (χ4v) is 3.10. The van der Waals surface area contributed by atoms with Crippen LogP contribution in [0.5, 0.6) is 0 Å². The van der Waals surface area contributed by atoms with Gasteiger partial charge in [0, 0.05) is 23.7 Å². The predicted octanol–water partition coefficient (Wildman–Crippen LogP) is 2.96. The summed E-state index contributed by atoms with van der Waals surface area (Å²) in [7, 11) is 0. The molecule has 6 heteroatoms. The molecule has 112 valence electrons. The van der Waals surface area contributed by atoms with Crippen LogP contribution < -0.4 is 5.56 Å². The van der Waals surface area contributed by atoms with E-state index in [2.05, 4.69) is 4.98 Å². The van der Waals surface area contributed by atoms with Gasteiger partial charge < -0.3 is 0 Å². The van der Waals surface area contributed by atoms with Crippen molar-refractivity contribution in [3.63, 3.8) is 0 Å². The first-order valence-electron chi connectivity index (χ1n) is 7.47. The van der Waals surface area contributed by atoms with Gasteiger partial charge in [-0.05, 0) is 37.1 Å². The molecule has 0 N–H and O–H groups in total. The zero-order valence-corrected chi connectivity index (χ0v) is 12.8. The molecule has 5 nitrogen and oxygen atoms in total. The highest BCUT2D eigenvalue weighted by Gasteiger charge is 2.17. The third-order valence-corrected chi connectivity index (χ3v) is 4.38. The molecule has 0 bridgehead atoms. The number of fused-ring (bicyclic) bond motifs is 2. The average Bonchev–Trinajstić information content (AvgIpc) is 2.79. The van der Waals surface area contributed by atoms with E-state index in [0.29, 0.717) is 16.2 Å². The molecule has 4 rings (SSSR count). The molecule has 0 atom stereocenters. The molecule has 0 spiro atoms. The number of hydrogen-bond donors (Lipinski definition) is 0. The third-order valence-electron chi connectivity index (χ3n) is 4.12. The SMILES string of the molecule is O=c1c2ncn(-c3ccc(Cl)cc3)c2nc2n1CCCCC2. The van der Waals surface area contributed by atoms with Gasteiger partial charge in [0.05, 0.1) is 0 Å². The highest BCUT2D eigenvalue weighted by atomic mass is 35.5. The summed E-state index contributed by atoms with van der Waals surface area (Å²) in [4.78, 5) is 21.7. The molecule has 1 aliphatic rings. The normalized spacial score (nSPS) is 14.8. The Morgan fingerprint density at radius 3 is 2.73 bits per heavy atom. The number of aryl methyl sites for hydroxylation is 1. The summed E-state index contributed by atoms with van der Waals surface area (Å²) in [6.07, 6.45) is 5.74. The average molecular weight is 315 g/mol. The lowest BCUT2D eigenvalue weighted by Gasteiger charge is -2.09. The van der Waals surface area contributed by atoms with Crippen LogP contribution in [0.4, 0.5) is 0 Å². The van der Waals surface area contributed by atoms with Crippen LogP contribution >= 0.6 is 11.6 Å². The topological polar surface area (TPSA) is 52.7 Å². The van der Waals surface area contributed by atoms with Crippen LogP contribution in [0, 0.1) is 0 Å². The molecule has 0 unspecified atom stereocenters. The number of halogens is 1. The minimum Gasteiger partial charge on any atom is -0.295 e. The minimum atomic E-state index is -0.0328. The molecular formula is C16H15ClN4O. The summed E-state index contributed by atoms with van der Waals surface area (Å²) in [6.45, 7) is 0.741. The van der Waals surface area contributed by atoms with E-state index in [1.807, 2.05) is 28.8 Å². The van der Waals surface area contributed by atoms with Crippen LogP contribution in [0.2, 0.25) is 5.02 Å². The Morgan fingerprint density at radius 1 is 1.09 bits per heavy atom. The van der Waals surface area contributed by atoms with Gasteiger partial charge in [0.1, 0.15) is 12.2 Å². The molecule has 0 saturated heterocycles. The van der Waals surface area contributed by atoms with Crippen LogP contribution in [0.1, 0.15) is 25.1 Å². The van der Waals surface area contributed by atoms with Crippen molar-refractivity contribution in [2.24, 2.45) is 0 Å². The Hall–Kier alpha value is -2.14. The fraction of sp³-hybridized carbons (Fsp3) is 0.312. The van der Waals surface area contributed by atoms with Gasteiger partial charge in [-0.15, -0.1) is 0 Å². The summed E-state index contributed by atoms with van der Waals surface area (Å²) in [5.41, 5.74) is 1.92. The fourth-order valence-electron chi connectivity index (χ4n) is 2.97.